The third-order valence-electron chi connectivity index (χ3n) is 2.76. The van der Waals surface area contributed by atoms with Gasteiger partial charge in [0.05, 0.1) is 13.2 Å². The van der Waals surface area contributed by atoms with Gasteiger partial charge in [0.1, 0.15) is 0 Å². The first kappa shape index (κ1) is 14.6. The van der Waals surface area contributed by atoms with E-state index in [0.29, 0.717) is 6.61 Å². The number of hydrogen-bond donors (Lipinski definition) is 1. The Balaban J connectivity index is 2.43. The predicted molar refractivity (Wildman–Crippen MR) is 74.7 cm³/mol. The second-order valence-corrected chi connectivity index (χ2v) is 4.14. The molecule has 1 aromatic heterocycles. The molecule has 0 amide bonds. The van der Waals surface area contributed by atoms with Crippen LogP contribution in [0.25, 0.3) is 0 Å². The minimum absolute atomic E-state index is 0.702. The van der Waals surface area contributed by atoms with Crippen LogP contribution in [0.3, 0.4) is 0 Å². The standard InChI is InChI=1S/C13H24N4O/c1-5-18-10-8-15-13(14-2)17(4)11-12-7-6-9-16(12)3/h6-7,9H,5,8,10-11H2,1-4H3,(H,14,15). The van der Waals surface area contributed by atoms with Gasteiger partial charge in [0.25, 0.3) is 0 Å². The summed E-state index contributed by atoms with van der Waals surface area (Å²) in [4.78, 5) is 6.36. The van der Waals surface area contributed by atoms with Crippen LogP contribution < -0.4 is 5.32 Å². The van der Waals surface area contributed by atoms with Gasteiger partial charge in [0.15, 0.2) is 5.96 Å². The molecule has 0 spiro atoms. The summed E-state index contributed by atoms with van der Waals surface area (Å²) in [6, 6.07) is 4.17. The van der Waals surface area contributed by atoms with Crippen molar-refractivity contribution < 1.29 is 4.74 Å². The number of guanidine groups is 1. The topological polar surface area (TPSA) is 41.8 Å². The molecule has 1 N–H and O–H groups in total. The zero-order chi connectivity index (χ0) is 13.4. The SMILES string of the molecule is CCOCCNC(=NC)N(C)Cc1cccn1C. The van der Waals surface area contributed by atoms with Crippen LogP contribution in [0.4, 0.5) is 0 Å². The third kappa shape index (κ3) is 4.41. The number of nitrogens with one attached hydrogen (secondary N) is 1. The van der Waals surface area contributed by atoms with Crippen molar-refractivity contribution >= 4 is 5.96 Å². The van der Waals surface area contributed by atoms with Crippen molar-refractivity contribution in [3.8, 4) is 0 Å². The lowest BCUT2D eigenvalue weighted by Gasteiger charge is -2.22. The number of rotatable bonds is 6. The Hall–Kier alpha value is -1.49. The highest BCUT2D eigenvalue weighted by Crippen LogP contribution is 2.03. The zero-order valence-electron chi connectivity index (χ0n) is 11.8. The Labute approximate surface area is 109 Å². The molecule has 0 saturated heterocycles. The third-order valence-corrected chi connectivity index (χ3v) is 2.76. The van der Waals surface area contributed by atoms with E-state index in [2.05, 4.69) is 45.2 Å². The Morgan fingerprint density at radius 2 is 2.33 bits per heavy atom. The molecule has 1 aromatic rings. The normalized spacial score (nSPS) is 11.7. The van der Waals surface area contributed by atoms with Crippen molar-refractivity contribution in [3.63, 3.8) is 0 Å². The van der Waals surface area contributed by atoms with E-state index in [-0.39, 0.29) is 0 Å². The van der Waals surface area contributed by atoms with Crippen molar-refractivity contribution in [3.05, 3.63) is 24.0 Å². The van der Waals surface area contributed by atoms with Gasteiger partial charge in [-0.3, -0.25) is 4.99 Å². The summed E-state index contributed by atoms with van der Waals surface area (Å²) < 4.78 is 7.41. The van der Waals surface area contributed by atoms with E-state index >= 15 is 0 Å². The maximum atomic E-state index is 5.29. The predicted octanol–water partition coefficient (Wildman–Crippen LogP) is 1.07. The van der Waals surface area contributed by atoms with Gasteiger partial charge < -0.3 is 19.5 Å². The molecule has 1 heterocycles. The van der Waals surface area contributed by atoms with E-state index < -0.39 is 0 Å². The van der Waals surface area contributed by atoms with Crippen molar-refractivity contribution in [2.45, 2.75) is 13.5 Å². The molecule has 5 nitrogen and oxygen atoms in total. The molecule has 0 radical (unpaired) electrons. The molecular formula is C13H24N4O. The first-order chi connectivity index (χ1) is 8.69. The quantitative estimate of drug-likeness (QED) is 0.468. The molecule has 0 aromatic carbocycles. The summed E-state index contributed by atoms with van der Waals surface area (Å²) in [5.41, 5.74) is 1.25. The molecule has 0 aliphatic heterocycles. The van der Waals surface area contributed by atoms with Crippen LogP contribution in [-0.2, 0) is 18.3 Å². The zero-order valence-corrected chi connectivity index (χ0v) is 11.8. The average molecular weight is 252 g/mol. The van der Waals surface area contributed by atoms with Crippen LogP contribution in [0.15, 0.2) is 23.3 Å². The Bertz CT molecular complexity index is 373. The molecule has 0 atom stereocenters. The lowest BCUT2D eigenvalue weighted by atomic mass is 10.4. The van der Waals surface area contributed by atoms with Crippen molar-refractivity contribution in [2.24, 2.45) is 12.0 Å². The van der Waals surface area contributed by atoms with E-state index in [4.69, 9.17) is 4.74 Å². The van der Waals surface area contributed by atoms with Gasteiger partial charge in [-0.25, -0.2) is 0 Å². The lowest BCUT2D eigenvalue weighted by Crippen LogP contribution is -2.40. The van der Waals surface area contributed by atoms with Crippen LogP contribution in [0.5, 0.6) is 0 Å². The van der Waals surface area contributed by atoms with Crippen molar-refractivity contribution in [1.82, 2.24) is 14.8 Å². The summed E-state index contributed by atoms with van der Waals surface area (Å²) in [7, 11) is 5.88. The second-order valence-electron chi connectivity index (χ2n) is 4.14. The van der Waals surface area contributed by atoms with Gasteiger partial charge in [-0.1, -0.05) is 0 Å². The minimum Gasteiger partial charge on any atom is -0.380 e. The van der Waals surface area contributed by atoms with Crippen LogP contribution in [0, 0.1) is 0 Å². The molecule has 1 rings (SSSR count). The number of hydrogen-bond acceptors (Lipinski definition) is 2. The molecule has 102 valence electrons. The molecule has 5 heteroatoms. The molecular weight excluding hydrogens is 228 g/mol. The van der Waals surface area contributed by atoms with Crippen molar-refractivity contribution in [1.29, 1.82) is 0 Å². The van der Waals surface area contributed by atoms with E-state index in [1.165, 1.54) is 5.69 Å². The number of nitrogens with zero attached hydrogens (tertiary/aromatic N) is 3. The Morgan fingerprint density at radius 3 is 2.89 bits per heavy atom. The highest BCUT2D eigenvalue weighted by Gasteiger charge is 2.07. The number of aryl methyl sites for hydroxylation is 1. The molecule has 0 fully saturated rings. The number of aromatic nitrogens is 1. The first-order valence-corrected chi connectivity index (χ1v) is 6.28. The Kier molecular flexibility index (Phi) is 6.28. The van der Waals surface area contributed by atoms with Gasteiger partial charge >= 0.3 is 0 Å². The summed E-state index contributed by atoms with van der Waals surface area (Å²) in [6.45, 7) is 5.05. The van der Waals surface area contributed by atoms with Crippen LogP contribution >= 0.6 is 0 Å². The van der Waals surface area contributed by atoms with Gasteiger partial charge in [-0.15, -0.1) is 0 Å². The molecule has 0 bridgehead atoms. The molecule has 0 aliphatic carbocycles. The monoisotopic (exact) mass is 252 g/mol. The van der Waals surface area contributed by atoms with E-state index in [1.54, 1.807) is 7.05 Å². The lowest BCUT2D eigenvalue weighted by molar-refractivity contribution is 0.152. The first-order valence-electron chi connectivity index (χ1n) is 6.28. The maximum Gasteiger partial charge on any atom is 0.193 e. The molecule has 0 unspecified atom stereocenters. The highest BCUT2D eigenvalue weighted by molar-refractivity contribution is 5.79. The van der Waals surface area contributed by atoms with E-state index in [0.717, 1.165) is 25.7 Å². The van der Waals surface area contributed by atoms with E-state index in [9.17, 15) is 0 Å². The largest absolute Gasteiger partial charge is 0.380 e. The second kappa shape index (κ2) is 7.76. The highest BCUT2D eigenvalue weighted by atomic mass is 16.5. The fraction of sp³-hybridized carbons (Fsp3) is 0.615. The fourth-order valence-electron chi connectivity index (χ4n) is 1.74. The summed E-state index contributed by atoms with van der Waals surface area (Å²) in [6.07, 6.45) is 2.05. The minimum atomic E-state index is 0.702. The maximum absolute atomic E-state index is 5.29. The van der Waals surface area contributed by atoms with Crippen LogP contribution in [0.2, 0.25) is 0 Å². The van der Waals surface area contributed by atoms with Gasteiger partial charge in [0.2, 0.25) is 0 Å². The number of ether oxygens (including phenoxy) is 1. The summed E-state index contributed by atoms with van der Waals surface area (Å²) >= 11 is 0. The molecule has 0 aliphatic rings. The molecule has 18 heavy (non-hydrogen) atoms. The fourth-order valence-corrected chi connectivity index (χ4v) is 1.74. The van der Waals surface area contributed by atoms with E-state index in [1.807, 2.05) is 14.0 Å². The Morgan fingerprint density at radius 1 is 1.56 bits per heavy atom. The molecule has 0 saturated carbocycles. The number of aliphatic imine (C=N–C) groups is 1. The van der Waals surface area contributed by atoms with Gasteiger partial charge in [0, 0.05) is 46.2 Å². The summed E-state index contributed by atoms with van der Waals surface area (Å²) in [5.74, 6) is 0.885. The van der Waals surface area contributed by atoms with Crippen LogP contribution in [-0.4, -0.2) is 49.3 Å². The van der Waals surface area contributed by atoms with Crippen LogP contribution in [0.1, 0.15) is 12.6 Å². The van der Waals surface area contributed by atoms with Gasteiger partial charge in [-0.2, -0.15) is 0 Å². The summed E-state index contributed by atoms with van der Waals surface area (Å²) in [5, 5.41) is 3.28. The van der Waals surface area contributed by atoms with Crippen molar-refractivity contribution in [2.75, 3.05) is 33.9 Å². The van der Waals surface area contributed by atoms with Gasteiger partial charge in [-0.05, 0) is 19.1 Å². The smallest absolute Gasteiger partial charge is 0.193 e. The average Bonchev–Trinajstić information content (AvgIpc) is 2.75.